The SMILES string of the molecule is Cc1ccc(C(N)c2ccc(F)cc2I)cc1Cl. The van der Waals surface area contributed by atoms with Crippen LogP contribution in [-0.4, -0.2) is 0 Å². The van der Waals surface area contributed by atoms with Gasteiger partial charge in [0.05, 0.1) is 6.04 Å². The molecule has 2 N–H and O–H groups in total. The van der Waals surface area contributed by atoms with Gasteiger partial charge in [-0.25, -0.2) is 4.39 Å². The Morgan fingerprint density at radius 2 is 1.94 bits per heavy atom. The van der Waals surface area contributed by atoms with E-state index in [4.69, 9.17) is 17.3 Å². The van der Waals surface area contributed by atoms with Crippen molar-refractivity contribution in [3.05, 3.63) is 67.5 Å². The van der Waals surface area contributed by atoms with Gasteiger partial charge in [0.25, 0.3) is 0 Å². The lowest BCUT2D eigenvalue weighted by molar-refractivity contribution is 0.625. The second-order valence-corrected chi connectivity index (χ2v) is 5.72. The van der Waals surface area contributed by atoms with Crippen LogP contribution in [0.25, 0.3) is 0 Å². The van der Waals surface area contributed by atoms with Gasteiger partial charge in [-0.2, -0.15) is 0 Å². The summed E-state index contributed by atoms with van der Waals surface area (Å²) in [6.07, 6.45) is 0. The quantitative estimate of drug-likeness (QED) is 0.772. The minimum absolute atomic E-state index is 0.253. The third kappa shape index (κ3) is 2.84. The number of hydrogen-bond donors (Lipinski definition) is 1. The van der Waals surface area contributed by atoms with Gasteiger partial charge in [0.15, 0.2) is 0 Å². The summed E-state index contributed by atoms with van der Waals surface area (Å²) in [7, 11) is 0. The molecule has 0 saturated carbocycles. The Hall–Kier alpha value is -0.650. The molecule has 2 aromatic rings. The van der Waals surface area contributed by atoms with E-state index in [0.29, 0.717) is 5.02 Å². The van der Waals surface area contributed by atoms with Gasteiger partial charge in [0.2, 0.25) is 0 Å². The van der Waals surface area contributed by atoms with Crippen LogP contribution in [0.5, 0.6) is 0 Å². The van der Waals surface area contributed by atoms with Gasteiger partial charge in [-0.3, -0.25) is 0 Å². The molecular formula is C14H12ClFIN. The molecule has 0 heterocycles. The third-order valence-corrected chi connectivity index (χ3v) is 4.19. The van der Waals surface area contributed by atoms with Crippen LogP contribution in [0.15, 0.2) is 36.4 Å². The van der Waals surface area contributed by atoms with Crippen LogP contribution in [0, 0.1) is 16.3 Å². The van der Waals surface area contributed by atoms with E-state index in [2.05, 4.69) is 22.6 Å². The molecule has 1 nitrogen and oxygen atoms in total. The first-order valence-electron chi connectivity index (χ1n) is 5.45. The average Bonchev–Trinajstić information content (AvgIpc) is 2.32. The average molecular weight is 376 g/mol. The molecule has 1 atom stereocenters. The Bertz CT molecular complexity index is 586. The zero-order chi connectivity index (χ0) is 13.3. The molecule has 4 heteroatoms. The van der Waals surface area contributed by atoms with Crippen molar-refractivity contribution in [3.8, 4) is 0 Å². The fourth-order valence-electron chi connectivity index (χ4n) is 1.74. The highest BCUT2D eigenvalue weighted by molar-refractivity contribution is 14.1. The fourth-order valence-corrected chi connectivity index (χ4v) is 2.74. The molecular weight excluding hydrogens is 364 g/mol. The van der Waals surface area contributed by atoms with Crippen LogP contribution in [0.4, 0.5) is 4.39 Å². The first-order valence-corrected chi connectivity index (χ1v) is 6.91. The molecule has 18 heavy (non-hydrogen) atoms. The maximum absolute atomic E-state index is 13.1. The second-order valence-electron chi connectivity index (χ2n) is 4.15. The summed E-state index contributed by atoms with van der Waals surface area (Å²) in [6, 6.07) is 10.1. The predicted molar refractivity (Wildman–Crippen MR) is 81.3 cm³/mol. The van der Waals surface area contributed by atoms with Crippen LogP contribution in [0.2, 0.25) is 5.02 Å². The third-order valence-electron chi connectivity index (χ3n) is 2.85. The van der Waals surface area contributed by atoms with Crippen molar-refractivity contribution in [2.24, 2.45) is 5.73 Å². The Morgan fingerprint density at radius 3 is 2.56 bits per heavy atom. The molecule has 1 unspecified atom stereocenters. The highest BCUT2D eigenvalue weighted by Gasteiger charge is 2.13. The van der Waals surface area contributed by atoms with E-state index in [9.17, 15) is 4.39 Å². The standard InChI is InChI=1S/C14H12ClFIN/c1-8-2-3-9(6-12(8)15)14(18)11-5-4-10(16)7-13(11)17/h2-7,14H,18H2,1H3. The Balaban J connectivity index is 2.41. The lowest BCUT2D eigenvalue weighted by Crippen LogP contribution is -2.13. The summed E-state index contributed by atoms with van der Waals surface area (Å²) >= 11 is 8.18. The van der Waals surface area contributed by atoms with Crippen molar-refractivity contribution >= 4 is 34.2 Å². The zero-order valence-electron chi connectivity index (χ0n) is 9.75. The Morgan fingerprint density at radius 1 is 1.22 bits per heavy atom. The molecule has 0 aromatic heterocycles. The van der Waals surface area contributed by atoms with E-state index < -0.39 is 0 Å². The number of rotatable bonds is 2. The van der Waals surface area contributed by atoms with Gasteiger partial charge in [-0.05, 0) is 64.4 Å². The van der Waals surface area contributed by atoms with E-state index in [1.54, 1.807) is 6.07 Å². The Labute approximate surface area is 124 Å². The molecule has 2 rings (SSSR count). The second kappa shape index (κ2) is 5.55. The van der Waals surface area contributed by atoms with Crippen molar-refractivity contribution in [3.63, 3.8) is 0 Å². The number of hydrogen-bond acceptors (Lipinski definition) is 1. The monoisotopic (exact) mass is 375 g/mol. The lowest BCUT2D eigenvalue weighted by Gasteiger charge is -2.15. The number of nitrogens with two attached hydrogens (primary N) is 1. The number of benzene rings is 2. The van der Waals surface area contributed by atoms with Crippen molar-refractivity contribution < 1.29 is 4.39 Å². The molecule has 0 aliphatic carbocycles. The highest BCUT2D eigenvalue weighted by Crippen LogP contribution is 2.27. The molecule has 0 spiro atoms. The van der Waals surface area contributed by atoms with Crippen molar-refractivity contribution in [2.45, 2.75) is 13.0 Å². The predicted octanol–water partition coefficient (Wildman–Crippen LogP) is 4.44. The van der Waals surface area contributed by atoms with E-state index in [1.165, 1.54) is 12.1 Å². The summed E-state index contributed by atoms with van der Waals surface area (Å²) in [5, 5.41) is 0.695. The van der Waals surface area contributed by atoms with Gasteiger partial charge >= 0.3 is 0 Å². The van der Waals surface area contributed by atoms with Crippen LogP contribution in [0.1, 0.15) is 22.7 Å². The molecule has 94 valence electrons. The normalized spacial score (nSPS) is 12.5. The van der Waals surface area contributed by atoms with Crippen molar-refractivity contribution in [1.29, 1.82) is 0 Å². The fraction of sp³-hybridized carbons (Fsp3) is 0.143. The zero-order valence-corrected chi connectivity index (χ0v) is 12.7. The summed E-state index contributed by atoms with van der Waals surface area (Å²) < 4.78 is 13.9. The van der Waals surface area contributed by atoms with Crippen molar-refractivity contribution in [1.82, 2.24) is 0 Å². The summed E-state index contributed by atoms with van der Waals surface area (Å²) in [4.78, 5) is 0. The van der Waals surface area contributed by atoms with Crippen LogP contribution >= 0.6 is 34.2 Å². The molecule has 0 saturated heterocycles. The summed E-state index contributed by atoms with van der Waals surface area (Å²) in [5.41, 5.74) is 9.04. The largest absolute Gasteiger partial charge is 0.320 e. The maximum atomic E-state index is 13.1. The van der Waals surface area contributed by atoms with Gasteiger partial charge in [0.1, 0.15) is 5.82 Å². The van der Waals surface area contributed by atoms with Crippen LogP contribution < -0.4 is 5.73 Å². The molecule has 0 aliphatic heterocycles. The first kappa shape index (κ1) is 13.8. The van der Waals surface area contributed by atoms with Gasteiger partial charge in [-0.15, -0.1) is 0 Å². The van der Waals surface area contributed by atoms with Gasteiger partial charge < -0.3 is 5.73 Å². The lowest BCUT2D eigenvalue weighted by atomic mass is 9.99. The Kier molecular flexibility index (Phi) is 4.25. The minimum Gasteiger partial charge on any atom is -0.320 e. The van der Waals surface area contributed by atoms with E-state index in [0.717, 1.165) is 20.3 Å². The number of halogens is 3. The van der Waals surface area contributed by atoms with Gasteiger partial charge in [0, 0.05) is 8.59 Å². The van der Waals surface area contributed by atoms with Gasteiger partial charge in [-0.1, -0.05) is 29.8 Å². The van der Waals surface area contributed by atoms with E-state index in [1.807, 2.05) is 25.1 Å². The van der Waals surface area contributed by atoms with Crippen molar-refractivity contribution in [2.75, 3.05) is 0 Å². The highest BCUT2D eigenvalue weighted by atomic mass is 127. The smallest absolute Gasteiger partial charge is 0.124 e. The molecule has 0 aliphatic rings. The van der Waals surface area contributed by atoms with E-state index in [-0.39, 0.29) is 11.9 Å². The first-order chi connectivity index (χ1) is 8.49. The maximum Gasteiger partial charge on any atom is 0.124 e. The minimum atomic E-state index is -0.296. The molecule has 0 bridgehead atoms. The molecule has 0 amide bonds. The molecule has 0 radical (unpaired) electrons. The molecule has 2 aromatic carbocycles. The van der Waals surface area contributed by atoms with Crippen LogP contribution in [0.3, 0.4) is 0 Å². The summed E-state index contributed by atoms with van der Waals surface area (Å²) in [6.45, 7) is 1.94. The van der Waals surface area contributed by atoms with Crippen LogP contribution in [-0.2, 0) is 0 Å². The van der Waals surface area contributed by atoms with E-state index >= 15 is 0 Å². The summed E-state index contributed by atoms with van der Waals surface area (Å²) in [5.74, 6) is -0.253. The topological polar surface area (TPSA) is 26.0 Å². The number of aryl methyl sites for hydroxylation is 1. The molecule has 0 fully saturated rings.